The van der Waals surface area contributed by atoms with Crippen LogP contribution >= 0.6 is 0 Å². The molecule has 2 aromatic carbocycles. The fraction of sp³-hybridized carbons (Fsp3) is 0.115. The summed E-state index contributed by atoms with van der Waals surface area (Å²) < 4.78 is 7.33. The van der Waals surface area contributed by atoms with Crippen molar-refractivity contribution in [2.75, 3.05) is 0 Å². The van der Waals surface area contributed by atoms with E-state index in [2.05, 4.69) is 16.0 Å². The first-order chi connectivity index (χ1) is 16.5. The predicted octanol–water partition coefficient (Wildman–Crippen LogP) is 4.69. The van der Waals surface area contributed by atoms with Crippen LogP contribution in [0.1, 0.15) is 23.8 Å². The Kier molecular flexibility index (Phi) is 6.75. The minimum atomic E-state index is -0.661. The van der Waals surface area contributed by atoms with Crippen LogP contribution in [-0.4, -0.2) is 25.7 Å². The molecule has 2 heterocycles. The van der Waals surface area contributed by atoms with Crippen LogP contribution in [0.15, 0.2) is 85.2 Å². The smallest absolute Gasteiger partial charge is 0.311 e. The molecule has 1 atom stereocenters. The number of hydrogen-bond donors (Lipinski definition) is 0. The lowest BCUT2D eigenvalue weighted by atomic mass is 10.1. The number of esters is 1. The highest BCUT2D eigenvalue weighted by atomic mass is 16.6. The van der Waals surface area contributed by atoms with E-state index in [1.165, 1.54) is 12.1 Å². The van der Waals surface area contributed by atoms with E-state index in [0.717, 1.165) is 5.69 Å². The average Bonchev–Trinajstić information content (AvgIpc) is 3.28. The zero-order valence-corrected chi connectivity index (χ0v) is 18.1. The van der Waals surface area contributed by atoms with Gasteiger partial charge in [-0.15, -0.1) is 12.3 Å². The van der Waals surface area contributed by atoms with Crippen LogP contribution in [0.4, 0.5) is 5.69 Å². The van der Waals surface area contributed by atoms with Crippen LogP contribution in [0.3, 0.4) is 0 Å². The molecule has 0 aliphatic rings. The number of hydrogen-bond acceptors (Lipinski definition) is 6. The zero-order valence-electron chi connectivity index (χ0n) is 18.1. The number of nitrogens with zero attached hydrogens (tertiary/aromatic N) is 4. The predicted molar refractivity (Wildman–Crippen MR) is 126 cm³/mol. The van der Waals surface area contributed by atoms with Crippen molar-refractivity contribution in [2.24, 2.45) is 0 Å². The van der Waals surface area contributed by atoms with Crippen molar-refractivity contribution in [3.63, 3.8) is 0 Å². The van der Waals surface area contributed by atoms with Gasteiger partial charge in [0.15, 0.2) is 6.10 Å². The number of rotatable bonds is 8. The maximum atomic E-state index is 12.9. The second-order valence-electron chi connectivity index (χ2n) is 7.41. The molecule has 0 saturated heterocycles. The summed E-state index contributed by atoms with van der Waals surface area (Å²) in [6, 6.07) is 20.8. The van der Waals surface area contributed by atoms with Gasteiger partial charge in [-0.05, 0) is 36.4 Å². The van der Waals surface area contributed by atoms with Crippen LogP contribution in [0.2, 0.25) is 0 Å². The van der Waals surface area contributed by atoms with Gasteiger partial charge in [0.2, 0.25) is 0 Å². The highest BCUT2D eigenvalue weighted by molar-refractivity contribution is 5.77. The van der Waals surface area contributed by atoms with E-state index in [1.54, 1.807) is 47.4 Å². The number of para-hydroxylation sites is 1. The largest absolute Gasteiger partial charge is 0.455 e. The van der Waals surface area contributed by atoms with E-state index in [1.807, 2.05) is 30.3 Å². The second kappa shape index (κ2) is 10.2. The lowest BCUT2D eigenvalue weighted by Gasteiger charge is -2.15. The highest BCUT2D eigenvalue weighted by Gasteiger charge is 2.21. The molecule has 168 valence electrons. The Bertz CT molecular complexity index is 1330. The van der Waals surface area contributed by atoms with Gasteiger partial charge in [0.25, 0.3) is 5.69 Å². The van der Waals surface area contributed by atoms with Crippen LogP contribution in [0.25, 0.3) is 16.9 Å². The quantitative estimate of drug-likeness (QED) is 0.166. The first kappa shape index (κ1) is 22.4. The summed E-state index contributed by atoms with van der Waals surface area (Å²) in [5.74, 6) is 2.04. The number of aromatic nitrogens is 3. The Labute approximate surface area is 196 Å². The first-order valence-electron chi connectivity index (χ1n) is 10.5. The van der Waals surface area contributed by atoms with Crippen molar-refractivity contribution in [1.82, 2.24) is 14.8 Å². The molecule has 0 unspecified atom stereocenters. The normalized spacial score (nSPS) is 11.4. The number of terminal acetylenes is 1. The van der Waals surface area contributed by atoms with E-state index in [9.17, 15) is 14.9 Å². The van der Waals surface area contributed by atoms with Gasteiger partial charge in [-0.3, -0.25) is 19.9 Å². The van der Waals surface area contributed by atoms with Gasteiger partial charge in [-0.25, -0.2) is 4.68 Å². The highest BCUT2D eigenvalue weighted by Crippen LogP contribution is 2.27. The Morgan fingerprint density at radius 1 is 1.09 bits per heavy atom. The molecule has 34 heavy (non-hydrogen) atoms. The van der Waals surface area contributed by atoms with Gasteiger partial charge in [-0.2, -0.15) is 5.10 Å². The van der Waals surface area contributed by atoms with Gasteiger partial charge in [0, 0.05) is 35.7 Å². The average molecular weight is 452 g/mol. The van der Waals surface area contributed by atoms with Crippen molar-refractivity contribution >= 4 is 11.7 Å². The molecule has 2 aromatic heterocycles. The molecule has 8 heteroatoms. The molecule has 0 fully saturated rings. The van der Waals surface area contributed by atoms with Gasteiger partial charge in [0.1, 0.15) is 0 Å². The Balaban J connectivity index is 1.64. The van der Waals surface area contributed by atoms with Crippen LogP contribution in [0.5, 0.6) is 0 Å². The molecular formula is C26H20N4O4. The van der Waals surface area contributed by atoms with Crippen molar-refractivity contribution in [1.29, 1.82) is 0 Å². The minimum Gasteiger partial charge on any atom is -0.455 e. The third-order valence-electron chi connectivity index (χ3n) is 5.09. The summed E-state index contributed by atoms with van der Waals surface area (Å²) in [6.45, 7) is 0. The van der Waals surface area contributed by atoms with Crippen LogP contribution in [0, 0.1) is 22.5 Å². The molecule has 4 aromatic rings. The second-order valence-corrected chi connectivity index (χ2v) is 7.41. The minimum absolute atomic E-state index is 0.0281. The first-order valence-corrected chi connectivity index (χ1v) is 10.5. The summed E-state index contributed by atoms with van der Waals surface area (Å²) in [7, 11) is 0. The molecule has 4 rings (SSSR count). The molecular weight excluding hydrogens is 432 g/mol. The number of pyridine rings is 1. The molecule has 0 radical (unpaired) electrons. The Morgan fingerprint density at radius 3 is 2.47 bits per heavy atom. The number of ether oxygens (including phenoxy) is 1. The molecule has 0 amide bonds. The third-order valence-corrected chi connectivity index (χ3v) is 5.09. The topological polar surface area (TPSA) is 100 Å². The van der Waals surface area contributed by atoms with Crippen molar-refractivity contribution < 1.29 is 14.5 Å². The molecule has 0 aliphatic carbocycles. The van der Waals surface area contributed by atoms with E-state index in [-0.39, 0.29) is 18.5 Å². The van der Waals surface area contributed by atoms with E-state index in [4.69, 9.17) is 11.2 Å². The Morgan fingerprint density at radius 2 is 1.82 bits per heavy atom. The van der Waals surface area contributed by atoms with Gasteiger partial charge in [0.05, 0.1) is 34.8 Å². The number of nitro benzene ring substituents is 1. The standard InChI is InChI=1S/C26H20N4O4/c1-2-8-24(23-11-6-7-16-27-23)34-25(31)17-20-18-29(21-9-4-3-5-10-21)28-26(20)19-12-14-22(15-13-19)30(32)33/h1,3-7,9-16,18,24H,8,17H2/t24-/m0/s1. The van der Waals surface area contributed by atoms with Crippen molar-refractivity contribution in [3.8, 4) is 29.3 Å². The van der Waals surface area contributed by atoms with Crippen LogP contribution in [-0.2, 0) is 16.0 Å². The number of carbonyl (C=O) groups excluding carboxylic acids is 1. The number of nitro groups is 1. The van der Waals surface area contributed by atoms with Gasteiger partial charge >= 0.3 is 5.97 Å². The van der Waals surface area contributed by atoms with E-state index < -0.39 is 17.0 Å². The Hall–Kier alpha value is -4.77. The van der Waals surface area contributed by atoms with Crippen molar-refractivity contribution in [2.45, 2.75) is 18.9 Å². The monoisotopic (exact) mass is 452 g/mol. The lowest BCUT2D eigenvalue weighted by molar-refractivity contribution is -0.384. The van der Waals surface area contributed by atoms with E-state index in [0.29, 0.717) is 22.5 Å². The fourth-order valence-electron chi connectivity index (χ4n) is 3.47. The molecule has 0 aliphatic heterocycles. The molecule has 0 spiro atoms. The zero-order chi connectivity index (χ0) is 23.9. The summed E-state index contributed by atoms with van der Waals surface area (Å²) in [6.07, 6.45) is 8.31. The lowest BCUT2D eigenvalue weighted by Crippen LogP contribution is -2.14. The maximum absolute atomic E-state index is 12.9. The van der Waals surface area contributed by atoms with Gasteiger partial charge in [-0.1, -0.05) is 24.3 Å². The summed E-state index contributed by atoms with van der Waals surface area (Å²) >= 11 is 0. The summed E-state index contributed by atoms with van der Waals surface area (Å²) in [4.78, 5) is 27.7. The van der Waals surface area contributed by atoms with Gasteiger partial charge < -0.3 is 4.74 Å². The number of non-ortho nitro benzene ring substituents is 1. The molecule has 0 N–H and O–H groups in total. The fourth-order valence-corrected chi connectivity index (χ4v) is 3.47. The maximum Gasteiger partial charge on any atom is 0.311 e. The molecule has 0 saturated carbocycles. The number of carbonyl (C=O) groups is 1. The van der Waals surface area contributed by atoms with Crippen LogP contribution < -0.4 is 0 Å². The van der Waals surface area contributed by atoms with E-state index >= 15 is 0 Å². The molecule has 0 bridgehead atoms. The third kappa shape index (κ3) is 5.16. The SMILES string of the molecule is C#CC[C@H](OC(=O)Cc1cn(-c2ccccc2)nc1-c1ccc([N+](=O)[O-])cc1)c1ccccn1. The number of benzene rings is 2. The summed E-state index contributed by atoms with van der Waals surface area (Å²) in [5.41, 5.74) is 3.14. The summed E-state index contributed by atoms with van der Waals surface area (Å²) in [5, 5.41) is 15.7. The van der Waals surface area contributed by atoms with Crippen molar-refractivity contribution in [3.05, 3.63) is 107 Å². The molecule has 8 nitrogen and oxygen atoms in total.